The first-order chi connectivity index (χ1) is 11.5. The van der Waals surface area contributed by atoms with Gasteiger partial charge in [-0.05, 0) is 38.1 Å². The number of hydrogen-bond donors (Lipinski definition) is 2. The van der Waals surface area contributed by atoms with Gasteiger partial charge in [-0.25, -0.2) is 0 Å². The third kappa shape index (κ3) is 6.28. The standard InChI is InChI=1S/C18H32N4O2/c1-7-14(2)22(4)11-10-20-18(19-3)21-13-15-8-9-16(23-5)17(12-15)24-6/h8-9,12,14H,7,10-11,13H2,1-6H3,(H2,19,20,21). The minimum atomic E-state index is 0.591. The lowest BCUT2D eigenvalue weighted by molar-refractivity contribution is 0.255. The number of ether oxygens (including phenoxy) is 2. The fourth-order valence-electron chi connectivity index (χ4n) is 2.28. The fourth-order valence-corrected chi connectivity index (χ4v) is 2.28. The van der Waals surface area contributed by atoms with Crippen LogP contribution >= 0.6 is 0 Å². The molecule has 0 aliphatic rings. The van der Waals surface area contributed by atoms with Crippen LogP contribution in [0.5, 0.6) is 11.5 Å². The second-order valence-corrected chi connectivity index (χ2v) is 5.78. The summed E-state index contributed by atoms with van der Waals surface area (Å²) in [5.74, 6) is 2.26. The number of aliphatic imine (C=N–C) groups is 1. The molecule has 0 heterocycles. The molecule has 0 fully saturated rings. The van der Waals surface area contributed by atoms with Gasteiger partial charge in [0.2, 0.25) is 0 Å². The summed E-state index contributed by atoms with van der Waals surface area (Å²) in [7, 11) is 7.21. The number of nitrogens with one attached hydrogen (secondary N) is 2. The van der Waals surface area contributed by atoms with Crippen molar-refractivity contribution < 1.29 is 9.47 Å². The summed E-state index contributed by atoms with van der Waals surface area (Å²) in [6.07, 6.45) is 1.16. The average molecular weight is 336 g/mol. The summed E-state index contributed by atoms with van der Waals surface area (Å²) in [6, 6.07) is 6.48. The fraction of sp³-hybridized carbons (Fsp3) is 0.611. The molecule has 0 spiro atoms. The predicted octanol–water partition coefficient (Wildman–Crippen LogP) is 2.10. The van der Waals surface area contributed by atoms with Crippen LogP contribution in [0.25, 0.3) is 0 Å². The van der Waals surface area contributed by atoms with Gasteiger partial charge in [0.25, 0.3) is 0 Å². The van der Waals surface area contributed by atoms with Gasteiger partial charge in [-0.2, -0.15) is 0 Å². The summed E-state index contributed by atoms with van der Waals surface area (Å²) in [6.45, 7) is 6.95. The molecule has 2 N–H and O–H groups in total. The molecule has 1 atom stereocenters. The smallest absolute Gasteiger partial charge is 0.191 e. The first-order valence-electron chi connectivity index (χ1n) is 8.41. The number of guanidine groups is 1. The van der Waals surface area contributed by atoms with Crippen molar-refractivity contribution in [2.75, 3.05) is 41.4 Å². The Balaban J connectivity index is 2.47. The van der Waals surface area contributed by atoms with E-state index in [9.17, 15) is 0 Å². The van der Waals surface area contributed by atoms with E-state index in [0.717, 1.165) is 42.5 Å². The molecule has 24 heavy (non-hydrogen) atoms. The van der Waals surface area contributed by atoms with Crippen LogP contribution < -0.4 is 20.1 Å². The van der Waals surface area contributed by atoms with Gasteiger partial charge in [-0.1, -0.05) is 13.0 Å². The second kappa shape index (κ2) is 10.8. The Morgan fingerprint density at radius 3 is 2.50 bits per heavy atom. The van der Waals surface area contributed by atoms with Crippen LogP contribution in [-0.2, 0) is 6.54 Å². The monoisotopic (exact) mass is 336 g/mol. The molecule has 1 aromatic carbocycles. The molecule has 0 aromatic heterocycles. The van der Waals surface area contributed by atoms with Crippen LogP contribution in [0.2, 0.25) is 0 Å². The van der Waals surface area contributed by atoms with Gasteiger partial charge < -0.3 is 25.0 Å². The third-order valence-corrected chi connectivity index (χ3v) is 4.23. The number of nitrogens with zero attached hydrogens (tertiary/aromatic N) is 2. The van der Waals surface area contributed by atoms with E-state index in [1.165, 1.54) is 0 Å². The predicted molar refractivity (Wildman–Crippen MR) is 100 cm³/mol. The molecular formula is C18H32N4O2. The molecule has 0 radical (unpaired) electrons. The maximum absolute atomic E-state index is 5.33. The van der Waals surface area contributed by atoms with Gasteiger partial charge >= 0.3 is 0 Å². The molecule has 1 aromatic rings. The normalized spacial score (nSPS) is 12.9. The van der Waals surface area contributed by atoms with Crippen LogP contribution in [0.1, 0.15) is 25.8 Å². The first kappa shape index (κ1) is 20.1. The van der Waals surface area contributed by atoms with E-state index in [1.807, 2.05) is 18.2 Å². The van der Waals surface area contributed by atoms with Crippen LogP contribution in [0.4, 0.5) is 0 Å². The van der Waals surface area contributed by atoms with E-state index >= 15 is 0 Å². The number of hydrogen-bond acceptors (Lipinski definition) is 4. The molecule has 0 aliphatic heterocycles. The lowest BCUT2D eigenvalue weighted by Gasteiger charge is -2.24. The molecule has 0 saturated heterocycles. The zero-order chi connectivity index (χ0) is 17.9. The van der Waals surface area contributed by atoms with Crippen molar-refractivity contribution in [1.29, 1.82) is 0 Å². The van der Waals surface area contributed by atoms with Crippen molar-refractivity contribution in [1.82, 2.24) is 15.5 Å². The highest BCUT2D eigenvalue weighted by Gasteiger charge is 2.07. The van der Waals surface area contributed by atoms with Crippen molar-refractivity contribution >= 4 is 5.96 Å². The summed E-state index contributed by atoms with van der Waals surface area (Å²) in [4.78, 5) is 6.60. The second-order valence-electron chi connectivity index (χ2n) is 5.78. The topological polar surface area (TPSA) is 58.1 Å². The molecular weight excluding hydrogens is 304 g/mol. The summed E-state index contributed by atoms with van der Waals surface area (Å²) in [5.41, 5.74) is 1.10. The quantitative estimate of drug-likeness (QED) is 0.534. The number of benzene rings is 1. The molecule has 136 valence electrons. The SMILES string of the molecule is CCC(C)N(C)CCNC(=NC)NCc1ccc(OC)c(OC)c1. The molecule has 6 nitrogen and oxygen atoms in total. The minimum Gasteiger partial charge on any atom is -0.493 e. The number of likely N-dealkylation sites (N-methyl/N-ethyl adjacent to an activating group) is 1. The zero-order valence-corrected chi connectivity index (χ0v) is 15.8. The first-order valence-corrected chi connectivity index (χ1v) is 8.41. The van der Waals surface area contributed by atoms with E-state index < -0.39 is 0 Å². The zero-order valence-electron chi connectivity index (χ0n) is 15.8. The summed E-state index contributed by atoms with van der Waals surface area (Å²) in [5, 5.41) is 6.66. The Morgan fingerprint density at radius 1 is 1.21 bits per heavy atom. The van der Waals surface area contributed by atoms with Gasteiger partial charge in [0.15, 0.2) is 17.5 Å². The maximum atomic E-state index is 5.33. The highest BCUT2D eigenvalue weighted by molar-refractivity contribution is 5.79. The van der Waals surface area contributed by atoms with E-state index in [1.54, 1.807) is 21.3 Å². The molecule has 0 amide bonds. The van der Waals surface area contributed by atoms with Crippen LogP contribution in [0, 0.1) is 0 Å². The molecule has 0 bridgehead atoms. The van der Waals surface area contributed by atoms with E-state index in [-0.39, 0.29) is 0 Å². The molecule has 0 saturated carbocycles. The van der Waals surface area contributed by atoms with Gasteiger partial charge in [0, 0.05) is 32.7 Å². The van der Waals surface area contributed by atoms with Crippen molar-refractivity contribution in [3.8, 4) is 11.5 Å². The highest BCUT2D eigenvalue weighted by Crippen LogP contribution is 2.27. The molecule has 6 heteroatoms. The van der Waals surface area contributed by atoms with Gasteiger partial charge in [0.05, 0.1) is 14.2 Å². The van der Waals surface area contributed by atoms with Crippen LogP contribution in [-0.4, -0.2) is 58.3 Å². The molecule has 0 aliphatic carbocycles. The lowest BCUT2D eigenvalue weighted by atomic mass is 10.2. The van der Waals surface area contributed by atoms with Crippen LogP contribution in [0.15, 0.2) is 23.2 Å². The van der Waals surface area contributed by atoms with Crippen molar-refractivity contribution in [2.24, 2.45) is 4.99 Å². The largest absolute Gasteiger partial charge is 0.493 e. The average Bonchev–Trinajstić information content (AvgIpc) is 2.63. The minimum absolute atomic E-state index is 0.591. The van der Waals surface area contributed by atoms with Crippen molar-refractivity contribution in [2.45, 2.75) is 32.9 Å². The summed E-state index contributed by atoms with van der Waals surface area (Å²) >= 11 is 0. The Bertz CT molecular complexity index is 520. The molecule has 1 unspecified atom stereocenters. The van der Waals surface area contributed by atoms with E-state index in [2.05, 4.69) is 41.4 Å². The number of rotatable bonds is 9. The van der Waals surface area contributed by atoms with E-state index in [0.29, 0.717) is 12.6 Å². The Kier molecular flexibility index (Phi) is 9.01. The Hall–Kier alpha value is -1.95. The van der Waals surface area contributed by atoms with Crippen molar-refractivity contribution in [3.63, 3.8) is 0 Å². The Labute approximate surface area is 146 Å². The van der Waals surface area contributed by atoms with Crippen molar-refractivity contribution in [3.05, 3.63) is 23.8 Å². The lowest BCUT2D eigenvalue weighted by Crippen LogP contribution is -2.42. The maximum Gasteiger partial charge on any atom is 0.191 e. The third-order valence-electron chi connectivity index (χ3n) is 4.23. The molecule has 1 rings (SSSR count). The van der Waals surface area contributed by atoms with Gasteiger partial charge in [0.1, 0.15) is 0 Å². The Morgan fingerprint density at radius 2 is 1.92 bits per heavy atom. The van der Waals surface area contributed by atoms with Gasteiger partial charge in [-0.3, -0.25) is 4.99 Å². The van der Waals surface area contributed by atoms with E-state index in [4.69, 9.17) is 9.47 Å². The number of methoxy groups -OCH3 is 2. The highest BCUT2D eigenvalue weighted by atomic mass is 16.5. The summed E-state index contributed by atoms with van der Waals surface area (Å²) < 4.78 is 10.6. The van der Waals surface area contributed by atoms with Gasteiger partial charge in [-0.15, -0.1) is 0 Å². The van der Waals surface area contributed by atoms with Crippen LogP contribution in [0.3, 0.4) is 0 Å².